The van der Waals surface area contributed by atoms with Crippen molar-refractivity contribution >= 4 is 27.8 Å². The summed E-state index contributed by atoms with van der Waals surface area (Å²) in [5.41, 5.74) is 11.7. The van der Waals surface area contributed by atoms with Crippen molar-refractivity contribution in [3.8, 4) is 0 Å². The van der Waals surface area contributed by atoms with E-state index in [1.807, 2.05) is 13.0 Å². The molecule has 0 saturated carbocycles. The number of aliphatic imine (C=N–C) groups is 1. The molecule has 1 rings (SSSR count). The number of carbonyl (C=O) groups excluding carboxylic acids is 1. The molecule has 0 unspecified atom stereocenters. The summed E-state index contributed by atoms with van der Waals surface area (Å²) in [6.07, 6.45) is 0. The fraction of sp³-hybridized carbons (Fsp3) is 0.111. The second kappa shape index (κ2) is 4.23. The number of halogens is 1. The quantitative estimate of drug-likeness (QED) is 0.584. The number of carbonyl (C=O) groups is 1. The standard InChI is InChI=1S/C9H10BrN3O/c1-5-2-3-6(4-7(5)10)8(14)13-9(11)12/h2-4H,1H3,(H4,11,12,13,14). The molecule has 0 aromatic heterocycles. The van der Waals surface area contributed by atoms with E-state index in [9.17, 15) is 4.79 Å². The van der Waals surface area contributed by atoms with Gasteiger partial charge in [-0.25, -0.2) is 0 Å². The van der Waals surface area contributed by atoms with Crippen LogP contribution >= 0.6 is 15.9 Å². The first-order valence-electron chi connectivity index (χ1n) is 3.91. The summed E-state index contributed by atoms with van der Waals surface area (Å²) in [6.45, 7) is 1.93. The first-order valence-corrected chi connectivity index (χ1v) is 4.70. The number of nitrogens with two attached hydrogens (primary N) is 2. The van der Waals surface area contributed by atoms with Gasteiger partial charge >= 0.3 is 0 Å². The summed E-state index contributed by atoms with van der Waals surface area (Å²) >= 11 is 3.32. The van der Waals surface area contributed by atoms with E-state index >= 15 is 0 Å². The number of benzene rings is 1. The van der Waals surface area contributed by atoms with Crippen LogP contribution < -0.4 is 11.5 Å². The summed E-state index contributed by atoms with van der Waals surface area (Å²) < 4.78 is 0.856. The molecule has 74 valence electrons. The summed E-state index contributed by atoms with van der Waals surface area (Å²) in [5, 5.41) is 0. The Morgan fingerprint density at radius 2 is 2.07 bits per heavy atom. The van der Waals surface area contributed by atoms with Gasteiger partial charge in [0.2, 0.25) is 0 Å². The normalized spacial score (nSPS) is 9.57. The highest BCUT2D eigenvalue weighted by Gasteiger charge is 2.05. The van der Waals surface area contributed by atoms with E-state index in [2.05, 4.69) is 20.9 Å². The second-order valence-electron chi connectivity index (χ2n) is 2.81. The van der Waals surface area contributed by atoms with Crippen LogP contribution in [0.4, 0.5) is 0 Å². The molecule has 0 radical (unpaired) electrons. The Kier molecular flexibility index (Phi) is 3.24. The summed E-state index contributed by atoms with van der Waals surface area (Å²) in [6, 6.07) is 5.18. The molecule has 14 heavy (non-hydrogen) atoms. The number of rotatable bonds is 1. The first kappa shape index (κ1) is 10.7. The van der Waals surface area contributed by atoms with Crippen LogP contribution in [-0.2, 0) is 0 Å². The van der Waals surface area contributed by atoms with Crippen LogP contribution in [0.5, 0.6) is 0 Å². The van der Waals surface area contributed by atoms with Gasteiger partial charge in [0.25, 0.3) is 5.91 Å². The van der Waals surface area contributed by atoms with Gasteiger partial charge < -0.3 is 11.5 Å². The highest BCUT2D eigenvalue weighted by molar-refractivity contribution is 9.10. The summed E-state index contributed by atoms with van der Waals surface area (Å²) in [5.74, 6) is -0.669. The van der Waals surface area contributed by atoms with E-state index in [4.69, 9.17) is 11.5 Å². The molecule has 0 bridgehead atoms. The maximum atomic E-state index is 11.4. The fourth-order valence-corrected chi connectivity index (χ4v) is 1.29. The third kappa shape index (κ3) is 2.56. The maximum Gasteiger partial charge on any atom is 0.280 e. The SMILES string of the molecule is Cc1ccc(C(=O)N=C(N)N)cc1Br. The topological polar surface area (TPSA) is 81.5 Å². The lowest BCUT2D eigenvalue weighted by atomic mass is 10.1. The Bertz CT molecular complexity index is 397. The van der Waals surface area contributed by atoms with Crippen molar-refractivity contribution in [2.24, 2.45) is 16.5 Å². The largest absolute Gasteiger partial charge is 0.370 e. The van der Waals surface area contributed by atoms with E-state index in [1.165, 1.54) is 0 Å². The van der Waals surface area contributed by atoms with Crippen LogP contribution in [0, 0.1) is 6.92 Å². The van der Waals surface area contributed by atoms with Crippen molar-refractivity contribution in [3.05, 3.63) is 33.8 Å². The molecule has 0 aliphatic carbocycles. The van der Waals surface area contributed by atoms with E-state index in [0.717, 1.165) is 10.0 Å². The average Bonchev–Trinajstić information content (AvgIpc) is 2.08. The van der Waals surface area contributed by atoms with Gasteiger partial charge in [-0.1, -0.05) is 22.0 Å². The van der Waals surface area contributed by atoms with Crippen molar-refractivity contribution < 1.29 is 4.79 Å². The maximum absolute atomic E-state index is 11.4. The fourth-order valence-electron chi connectivity index (χ4n) is 0.908. The first-order chi connectivity index (χ1) is 6.50. The molecule has 5 heteroatoms. The van der Waals surface area contributed by atoms with Gasteiger partial charge in [0.1, 0.15) is 0 Å². The number of amides is 1. The van der Waals surface area contributed by atoms with E-state index in [0.29, 0.717) is 5.56 Å². The Morgan fingerprint density at radius 3 is 2.57 bits per heavy atom. The summed E-state index contributed by atoms with van der Waals surface area (Å²) in [7, 11) is 0. The molecule has 4 N–H and O–H groups in total. The molecule has 1 amide bonds. The van der Waals surface area contributed by atoms with Gasteiger partial charge in [0.05, 0.1) is 0 Å². The van der Waals surface area contributed by atoms with Crippen LogP contribution in [0.15, 0.2) is 27.7 Å². The van der Waals surface area contributed by atoms with Gasteiger partial charge in [-0.05, 0) is 24.6 Å². The van der Waals surface area contributed by atoms with Crippen molar-refractivity contribution in [2.75, 3.05) is 0 Å². The van der Waals surface area contributed by atoms with Crippen molar-refractivity contribution in [3.63, 3.8) is 0 Å². The predicted molar refractivity (Wildman–Crippen MR) is 59.0 cm³/mol. The van der Waals surface area contributed by atoms with E-state index in [-0.39, 0.29) is 5.96 Å². The minimum atomic E-state index is -0.439. The van der Waals surface area contributed by atoms with Gasteiger partial charge in [-0.3, -0.25) is 4.79 Å². The zero-order valence-corrected chi connectivity index (χ0v) is 9.21. The Morgan fingerprint density at radius 1 is 1.43 bits per heavy atom. The number of hydrogen-bond acceptors (Lipinski definition) is 1. The minimum absolute atomic E-state index is 0.230. The lowest BCUT2D eigenvalue weighted by Crippen LogP contribution is -2.24. The molecule has 4 nitrogen and oxygen atoms in total. The molecule has 0 aliphatic heterocycles. The molecule has 0 spiro atoms. The monoisotopic (exact) mass is 255 g/mol. The van der Waals surface area contributed by atoms with Crippen LogP contribution in [-0.4, -0.2) is 11.9 Å². The molecule has 0 saturated heterocycles. The highest BCUT2D eigenvalue weighted by Crippen LogP contribution is 2.17. The van der Waals surface area contributed by atoms with E-state index in [1.54, 1.807) is 12.1 Å². The van der Waals surface area contributed by atoms with E-state index < -0.39 is 5.91 Å². The third-order valence-electron chi connectivity index (χ3n) is 1.65. The Labute approximate surface area is 90.1 Å². The van der Waals surface area contributed by atoms with Crippen LogP contribution in [0.3, 0.4) is 0 Å². The Hall–Kier alpha value is -1.36. The molecular weight excluding hydrogens is 246 g/mol. The summed E-state index contributed by atoms with van der Waals surface area (Å²) in [4.78, 5) is 14.8. The highest BCUT2D eigenvalue weighted by atomic mass is 79.9. The molecule has 0 heterocycles. The minimum Gasteiger partial charge on any atom is -0.370 e. The molecule has 1 aromatic carbocycles. The lowest BCUT2D eigenvalue weighted by Gasteiger charge is -2.00. The van der Waals surface area contributed by atoms with Crippen LogP contribution in [0.2, 0.25) is 0 Å². The average molecular weight is 256 g/mol. The molecular formula is C9H10BrN3O. The number of hydrogen-bond donors (Lipinski definition) is 2. The third-order valence-corrected chi connectivity index (χ3v) is 2.50. The molecule has 0 aliphatic rings. The van der Waals surface area contributed by atoms with Crippen molar-refractivity contribution in [2.45, 2.75) is 6.92 Å². The molecule has 0 fully saturated rings. The lowest BCUT2D eigenvalue weighted by molar-refractivity contribution is 0.100. The predicted octanol–water partition coefficient (Wildman–Crippen LogP) is 1.17. The zero-order valence-electron chi connectivity index (χ0n) is 7.62. The molecule has 1 aromatic rings. The van der Waals surface area contributed by atoms with Gasteiger partial charge in [-0.2, -0.15) is 4.99 Å². The number of nitrogens with zero attached hydrogens (tertiary/aromatic N) is 1. The molecule has 0 atom stereocenters. The van der Waals surface area contributed by atoms with Gasteiger partial charge in [0, 0.05) is 10.0 Å². The van der Waals surface area contributed by atoms with Crippen LogP contribution in [0.1, 0.15) is 15.9 Å². The smallest absolute Gasteiger partial charge is 0.280 e. The van der Waals surface area contributed by atoms with Gasteiger partial charge in [0.15, 0.2) is 5.96 Å². The van der Waals surface area contributed by atoms with Crippen molar-refractivity contribution in [1.82, 2.24) is 0 Å². The zero-order chi connectivity index (χ0) is 10.7. The Balaban J connectivity index is 3.03. The second-order valence-corrected chi connectivity index (χ2v) is 3.66. The number of aryl methyl sites for hydroxylation is 1. The van der Waals surface area contributed by atoms with Gasteiger partial charge in [-0.15, -0.1) is 0 Å². The van der Waals surface area contributed by atoms with Crippen LogP contribution in [0.25, 0.3) is 0 Å². The number of guanidine groups is 1. The van der Waals surface area contributed by atoms with Crippen molar-refractivity contribution in [1.29, 1.82) is 0 Å².